The number of aliphatic hydroxyl groups excluding tert-OH is 1. The molecule has 0 aliphatic carbocycles. The van der Waals surface area contributed by atoms with Gasteiger partial charge in [-0.05, 0) is 23.1 Å². The van der Waals surface area contributed by atoms with E-state index in [1.807, 2.05) is 12.1 Å². The van der Waals surface area contributed by atoms with Crippen LogP contribution in [0.5, 0.6) is 0 Å². The fourth-order valence-electron chi connectivity index (χ4n) is 5.07. The molecule has 0 aliphatic rings. The summed E-state index contributed by atoms with van der Waals surface area (Å²) in [6.45, 7) is 5.64. The molecule has 0 aliphatic heterocycles. The predicted molar refractivity (Wildman–Crippen MR) is 160 cm³/mol. The minimum Gasteiger partial charge on any atom is -0.392 e. The third-order valence-corrected chi connectivity index (χ3v) is 7.12. The smallest absolute Gasteiger partial charge is 0.140 e. The molecule has 39 heavy (non-hydrogen) atoms. The maximum Gasteiger partial charge on any atom is 0.140 e. The Morgan fingerprint density at radius 3 is 1.77 bits per heavy atom. The third-order valence-electron chi connectivity index (χ3n) is 7.12. The van der Waals surface area contributed by atoms with Crippen LogP contribution in [-0.4, -0.2) is 19.6 Å². The number of aromatic nitrogens is 2. The minimum absolute atomic E-state index is 0.0628. The lowest BCUT2D eigenvalue weighted by molar-refractivity contribution is 0.241. The van der Waals surface area contributed by atoms with Gasteiger partial charge in [-0.15, -0.1) is 0 Å². The molecule has 198 valence electrons. The lowest BCUT2D eigenvalue weighted by Crippen LogP contribution is -2.24. The average Bonchev–Trinajstić information content (AvgIpc) is 3.35. The summed E-state index contributed by atoms with van der Waals surface area (Å²) >= 11 is 0. The molecule has 5 aromatic rings. The van der Waals surface area contributed by atoms with E-state index in [1.54, 1.807) is 0 Å². The van der Waals surface area contributed by atoms with Crippen LogP contribution < -0.4 is 0 Å². The fourth-order valence-corrected chi connectivity index (χ4v) is 5.07. The second-order valence-electron chi connectivity index (χ2n) is 10.1. The fraction of sp³-hybridized carbons (Fsp3) is 0.229. The van der Waals surface area contributed by atoms with Crippen LogP contribution in [-0.2, 0) is 32.8 Å². The summed E-state index contributed by atoms with van der Waals surface area (Å²) in [7, 11) is 0. The maximum atomic E-state index is 9.52. The normalized spacial score (nSPS) is 11.3. The molecular weight excluding hydrogens is 478 g/mol. The Bertz CT molecular complexity index is 1430. The molecule has 0 bridgehead atoms. The monoisotopic (exact) mass is 515 g/mol. The number of nitrogens with zero attached hydrogens (tertiary/aromatic N) is 3. The van der Waals surface area contributed by atoms with Crippen molar-refractivity contribution in [2.75, 3.05) is 0 Å². The van der Waals surface area contributed by atoms with Crippen LogP contribution in [0.2, 0.25) is 0 Å². The number of benzene rings is 4. The van der Waals surface area contributed by atoms with Crippen molar-refractivity contribution in [3.8, 4) is 22.6 Å². The second kappa shape index (κ2) is 13.2. The van der Waals surface area contributed by atoms with Gasteiger partial charge in [-0.2, -0.15) is 0 Å². The van der Waals surface area contributed by atoms with Crippen LogP contribution in [0.15, 0.2) is 115 Å². The van der Waals surface area contributed by atoms with Crippen LogP contribution in [0.4, 0.5) is 0 Å². The summed E-state index contributed by atoms with van der Waals surface area (Å²) in [5, 5.41) is 9.52. The van der Waals surface area contributed by atoms with Crippen molar-refractivity contribution in [1.29, 1.82) is 0 Å². The van der Waals surface area contributed by atoms with Gasteiger partial charge in [-0.1, -0.05) is 129 Å². The van der Waals surface area contributed by atoms with Gasteiger partial charge in [-0.3, -0.25) is 4.90 Å². The molecule has 0 saturated heterocycles. The van der Waals surface area contributed by atoms with Gasteiger partial charge in [0, 0.05) is 37.3 Å². The van der Waals surface area contributed by atoms with Gasteiger partial charge in [0.2, 0.25) is 0 Å². The summed E-state index contributed by atoms with van der Waals surface area (Å²) < 4.78 is 2.45. The summed E-state index contributed by atoms with van der Waals surface area (Å²) in [6.07, 6.45) is 2.22. The zero-order valence-corrected chi connectivity index (χ0v) is 22.7. The lowest BCUT2D eigenvalue weighted by Gasteiger charge is -2.25. The van der Waals surface area contributed by atoms with E-state index in [-0.39, 0.29) is 6.61 Å². The first kappa shape index (κ1) is 26.6. The van der Waals surface area contributed by atoms with Crippen LogP contribution in [0, 0.1) is 0 Å². The quantitative estimate of drug-likeness (QED) is 0.185. The van der Waals surface area contributed by atoms with E-state index in [0.717, 1.165) is 67.2 Å². The van der Waals surface area contributed by atoms with Crippen molar-refractivity contribution in [2.45, 2.75) is 52.6 Å². The summed E-state index contributed by atoms with van der Waals surface area (Å²) in [4.78, 5) is 7.81. The van der Waals surface area contributed by atoms with Gasteiger partial charge in [-0.25, -0.2) is 4.98 Å². The Balaban J connectivity index is 1.59. The molecule has 1 aromatic heterocycles. The predicted octanol–water partition coefficient (Wildman–Crippen LogP) is 7.71. The largest absolute Gasteiger partial charge is 0.392 e. The van der Waals surface area contributed by atoms with Gasteiger partial charge in [0.25, 0.3) is 0 Å². The van der Waals surface area contributed by atoms with E-state index in [0.29, 0.717) is 0 Å². The molecule has 1 heterocycles. The number of hydrogen-bond donors (Lipinski definition) is 1. The summed E-state index contributed by atoms with van der Waals surface area (Å²) in [5.74, 6) is 1.03. The summed E-state index contributed by atoms with van der Waals surface area (Å²) in [5.41, 5.74) is 8.04. The highest BCUT2D eigenvalue weighted by atomic mass is 16.3. The van der Waals surface area contributed by atoms with E-state index in [2.05, 4.69) is 120 Å². The molecule has 0 atom stereocenters. The van der Waals surface area contributed by atoms with Crippen molar-refractivity contribution < 1.29 is 5.11 Å². The van der Waals surface area contributed by atoms with Gasteiger partial charge in [0.1, 0.15) is 5.82 Å². The molecule has 0 amide bonds. The van der Waals surface area contributed by atoms with Gasteiger partial charge in [0.05, 0.1) is 18.0 Å². The standard InChI is InChI=1S/C35H37N3O/c1-2-3-23-38-33(34(31-15-9-5-10-16-31)36-35(38)32-17-11-6-12-18-32)26-37(24-28-13-7-4-8-14-28)25-29-19-21-30(27-39)22-20-29/h4-22,39H,2-3,23-27H2,1H3. The molecular formula is C35H37N3O. The van der Waals surface area contributed by atoms with Crippen LogP contribution in [0.3, 0.4) is 0 Å². The Hall–Kier alpha value is -3.99. The molecule has 1 N–H and O–H groups in total. The maximum absolute atomic E-state index is 9.52. The van der Waals surface area contributed by atoms with Crippen molar-refractivity contribution in [3.05, 3.63) is 138 Å². The van der Waals surface area contributed by atoms with Crippen LogP contribution in [0.1, 0.15) is 42.1 Å². The highest BCUT2D eigenvalue weighted by Gasteiger charge is 2.22. The molecule has 0 saturated carbocycles. The number of rotatable bonds is 12. The Kier molecular flexibility index (Phi) is 9.00. The number of imidazole rings is 1. The third kappa shape index (κ3) is 6.72. The van der Waals surface area contributed by atoms with E-state index < -0.39 is 0 Å². The molecule has 0 spiro atoms. The zero-order valence-electron chi connectivity index (χ0n) is 22.7. The SMILES string of the molecule is CCCCn1c(-c2ccccc2)nc(-c2ccccc2)c1CN(Cc1ccccc1)Cc1ccc(CO)cc1. The first-order valence-corrected chi connectivity index (χ1v) is 13.9. The Labute approximate surface area is 232 Å². The van der Waals surface area contributed by atoms with E-state index in [1.165, 1.54) is 16.8 Å². The number of unbranched alkanes of at least 4 members (excludes halogenated alkanes) is 1. The average molecular weight is 516 g/mol. The first-order chi connectivity index (χ1) is 19.2. The van der Waals surface area contributed by atoms with Crippen LogP contribution in [0.25, 0.3) is 22.6 Å². The minimum atomic E-state index is 0.0628. The van der Waals surface area contributed by atoms with Crippen molar-refractivity contribution in [1.82, 2.24) is 14.5 Å². The van der Waals surface area contributed by atoms with Crippen LogP contribution >= 0.6 is 0 Å². The first-order valence-electron chi connectivity index (χ1n) is 13.9. The number of hydrogen-bond acceptors (Lipinski definition) is 3. The zero-order chi connectivity index (χ0) is 26.9. The Morgan fingerprint density at radius 1 is 0.641 bits per heavy atom. The molecule has 5 rings (SSSR count). The topological polar surface area (TPSA) is 41.3 Å². The lowest BCUT2D eigenvalue weighted by atomic mass is 10.1. The molecule has 4 nitrogen and oxygen atoms in total. The highest BCUT2D eigenvalue weighted by Crippen LogP contribution is 2.31. The Morgan fingerprint density at radius 2 is 1.18 bits per heavy atom. The molecule has 0 unspecified atom stereocenters. The molecule has 0 fully saturated rings. The molecule has 4 heteroatoms. The van der Waals surface area contributed by atoms with Crippen molar-refractivity contribution in [3.63, 3.8) is 0 Å². The van der Waals surface area contributed by atoms with E-state index in [4.69, 9.17) is 4.98 Å². The summed E-state index contributed by atoms with van der Waals surface area (Å²) in [6, 6.07) is 40.1. The van der Waals surface area contributed by atoms with Crippen molar-refractivity contribution in [2.24, 2.45) is 0 Å². The van der Waals surface area contributed by atoms with E-state index in [9.17, 15) is 5.11 Å². The van der Waals surface area contributed by atoms with E-state index >= 15 is 0 Å². The molecule has 0 radical (unpaired) electrons. The second-order valence-corrected chi connectivity index (χ2v) is 10.1. The molecule has 4 aromatic carbocycles. The van der Waals surface area contributed by atoms with Gasteiger partial charge in [0.15, 0.2) is 0 Å². The highest BCUT2D eigenvalue weighted by molar-refractivity contribution is 5.68. The van der Waals surface area contributed by atoms with Gasteiger partial charge >= 0.3 is 0 Å². The van der Waals surface area contributed by atoms with Gasteiger partial charge < -0.3 is 9.67 Å². The number of aliphatic hydroxyl groups is 1. The van der Waals surface area contributed by atoms with Crippen molar-refractivity contribution >= 4 is 0 Å².